The first-order valence-corrected chi connectivity index (χ1v) is 23.0. The standard InChI is InChI=1S/C52H46Cl2N6O10/c53-41-13-33(23-59-43(25-61)51(63)64)47(67-27-31-11-29(17-55)19-57-21-31)15-49(41)69-45-9-7-37-35(3-1-5-39(37)45)36-4-2-6-40-38(36)8-10-46(40)70-50-16-48(68-28-32-12-30(18-56)20-58-22-32)34(14-42(50)54)24-60-44(26-62)52(65)66/h1-6,11-16,19-22,43-46,59-62H,7-10,23-28H2,(H,63,64)(H,65,66)/t43-,44-,45-,46-/m0/s1. The molecule has 16 nitrogen and oxygen atoms in total. The molecule has 18 heteroatoms. The van der Waals surface area contributed by atoms with Gasteiger partial charge < -0.3 is 39.4 Å². The van der Waals surface area contributed by atoms with Crippen molar-refractivity contribution in [3.05, 3.63) is 163 Å². The first-order valence-electron chi connectivity index (χ1n) is 22.3. The Morgan fingerprint density at radius 1 is 0.643 bits per heavy atom. The molecule has 6 N–H and O–H groups in total. The Balaban J connectivity index is 1.03. The van der Waals surface area contributed by atoms with Crippen LogP contribution in [0.1, 0.15) is 80.7 Å². The number of ether oxygens (including phenoxy) is 4. The van der Waals surface area contributed by atoms with Crippen LogP contribution in [-0.4, -0.2) is 67.6 Å². The van der Waals surface area contributed by atoms with Gasteiger partial charge in [0.05, 0.1) is 34.4 Å². The van der Waals surface area contributed by atoms with Crippen molar-refractivity contribution in [1.29, 1.82) is 10.5 Å². The molecule has 0 saturated heterocycles. The third-order valence-corrected chi connectivity index (χ3v) is 12.8. The highest BCUT2D eigenvalue weighted by atomic mass is 35.5. The van der Waals surface area contributed by atoms with E-state index in [0.717, 1.165) is 46.2 Å². The van der Waals surface area contributed by atoms with Crippen LogP contribution in [0.4, 0.5) is 0 Å². The number of aliphatic hydroxyl groups is 2. The highest BCUT2D eigenvalue weighted by Gasteiger charge is 2.32. The van der Waals surface area contributed by atoms with E-state index in [1.165, 1.54) is 12.4 Å². The number of aliphatic carboxylic acids is 2. The highest BCUT2D eigenvalue weighted by molar-refractivity contribution is 6.32. The number of carboxylic acids is 2. The van der Waals surface area contributed by atoms with Gasteiger partial charge in [0, 0.05) is 72.3 Å². The van der Waals surface area contributed by atoms with Crippen molar-refractivity contribution in [3.8, 4) is 46.3 Å². The van der Waals surface area contributed by atoms with Gasteiger partial charge in [0.25, 0.3) is 0 Å². The summed E-state index contributed by atoms with van der Waals surface area (Å²) in [5, 5.41) is 63.2. The summed E-state index contributed by atoms with van der Waals surface area (Å²) >= 11 is 13.7. The van der Waals surface area contributed by atoms with Crippen molar-refractivity contribution in [2.75, 3.05) is 13.2 Å². The number of aliphatic hydroxyl groups excluding tert-OH is 2. The van der Waals surface area contributed by atoms with E-state index in [2.05, 4.69) is 57.0 Å². The van der Waals surface area contributed by atoms with E-state index in [1.54, 1.807) is 48.8 Å². The predicted octanol–water partition coefficient (Wildman–Crippen LogP) is 7.55. The van der Waals surface area contributed by atoms with Crippen LogP contribution < -0.4 is 29.6 Å². The summed E-state index contributed by atoms with van der Waals surface area (Å²) in [5.74, 6) is -0.968. The van der Waals surface area contributed by atoms with Crippen molar-refractivity contribution < 1.29 is 49.0 Å². The molecular formula is C52H46Cl2N6O10. The van der Waals surface area contributed by atoms with Crippen molar-refractivity contribution in [1.82, 2.24) is 20.6 Å². The molecule has 0 fully saturated rings. The fourth-order valence-corrected chi connectivity index (χ4v) is 9.13. The molecule has 8 rings (SSSR count). The number of hydrogen-bond acceptors (Lipinski definition) is 14. The average Bonchev–Trinajstić information content (AvgIpc) is 3.98. The summed E-state index contributed by atoms with van der Waals surface area (Å²) in [5.41, 5.74) is 9.54. The highest BCUT2D eigenvalue weighted by Crippen LogP contribution is 2.47. The number of pyridine rings is 2. The van der Waals surface area contributed by atoms with E-state index in [0.29, 0.717) is 69.2 Å². The van der Waals surface area contributed by atoms with Crippen LogP contribution in [0, 0.1) is 22.7 Å². The molecule has 0 aliphatic heterocycles. The van der Waals surface area contributed by atoms with E-state index in [1.807, 2.05) is 12.1 Å². The zero-order chi connectivity index (χ0) is 49.3. The van der Waals surface area contributed by atoms with Gasteiger partial charge in [0.15, 0.2) is 0 Å². The van der Waals surface area contributed by atoms with E-state index < -0.39 is 37.2 Å². The lowest BCUT2D eigenvalue weighted by molar-refractivity contribution is -0.141. The number of halogens is 2. The average molecular weight is 986 g/mol. The van der Waals surface area contributed by atoms with Gasteiger partial charge in [-0.05, 0) is 83.3 Å². The number of hydrogen-bond donors (Lipinski definition) is 6. The second-order valence-electron chi connectivity index (χ2n) is 16.7. The third-order valence-electron chi connectivity index (χ3n) is 12.2. The topological polar surface area (TPSA) is 249 Å². The Bertz CT molecular complexity index is 2810. The van der Waals surface area contributed by atoms with Gasteiger partial charge in [0.2, 0.25) is 0 Å². The van der Waals surface area contributed by atoms with Crippen molar-refractivity contribution >= 4 is 35.1 Å². The molecule has 4 aromatic carbocycles. The summed E-state index contributed by atoms with van der Waals surface area (Å²) < 4.78 is 25.8. The smallest absolute Gasteiger partial charge is 0.323 e. The minimum atomic E-state index is -1.22. The van der Waals surface area contributed by atoms with E-state index >= 15 is 0 Å². The molecule has 4 atom stereocenters. The molecule has 2 aliphatic carbocycles. The molecule has 0 saturated carbocycles. The first kappa shape index (κ1) is 49.2. The molecule has 70 heavy (non-hydrogen) atoms. The van der Waals surface area contributed by atoms with Crippen LogP contribution in [-0.2, 0) is 48.7 Å². The number of nitriles is 2. The van der Waals surface area contributed by atoms with Gasteiger partial charge in [-0.15, -0.1) is 0 Å². The molecular weight excluding hydrogens is 940 g/mol. The summed E-state index contributed by atoms with van der Waals surface area (Å²) in [7, 11) is 0. The zero-order valence-corrected chi connectivity index (χ0v) is 38.9. The maximum absolute atomic E-state index is 11.7. The zero-order valence-electron chi connectivity index (χ0n) is 37.4. The van der Waals surface area contributed by atoms with Gasteiger partial charge in [-0.3, -0.25) is 30.2 Å². The maximum Gasteiger partial charge on any atom is 0.323 e. The van der Waals surface area contributed by atoms with Crippen LogP contribution in [0.3, 0.4) is 0 Å². The lowest BCUT2D eigenvalue weighted by atomic mass is 9.91. The fraction of sp³-hybridized carbons (Fsp3) is 0.269. The lowest BCUT2D eigenvalue weighted by Gasteiger charge is -2.21. The number of fused-ring (bicyclic) bond motifs is 2. The number of rotatable bonds is 21. The summed E-state index contributed by atoms with van der Waals surface area (Å²) in [6, 6.07) is 24.0. The molecule has 0 spiro atoms. The number of nitrogens with zero attached hydrogens (tertiary/aromatic N) is 4. The Kier molecular flexibility index (Phi) is 15.8. The quantitative estimate of drug-likeness (QED) is 0.0407. The van der Waals surface area contributed by atoms with Gasteiger partial charge in [0.1, 0.15) is 72.6 Å². The first-order chi connectivity index (χ1) is 34.0. The summed E-state index contributed by atoms with van der Waals surface area (Å²) in [6.45, 7) is -1.11. The number of benzene rings is 4. The van der Waals surface area contributed by atoms with Crippen molar-refractivity contribution in [3.63, 3.8) is 0 Å². The predicted molar refractivity (Wildman–Crippen MR) is 255 cm³/mol. The Labute approximate surface area is 412 Å². The lowest BCUT2D eigenvalue weighted by Crippen LogP contribution is -2.39. The Hall–Kier alpha value is -7.28. The molecule has 2 aliphatic rings. The summed E-state index contributed by atoms with van der Waals surface area (Å²) in [4.78, 5) is 31.5. The minimum absolute atomic E-state index is 0.0138. The largest absolute Gasteiger partial charge is 0.488 e. The molecule has 2 heterocycles. The van der Waals surface area contributed by atoms with Crippen LogP contribution >= 0.6 is 23.2 Å². The number of carbonyl (C=O) groups is 2. The van der Waals surface area contributed by atoms with E-state index in [9.17, 15) is 40.5 Å². The van der Waals surface area contributed by atoms with Crippen LogP contribution in [0.5, 0.6) is 23.0 Å². The molecule has 0 amide bonds. The minimum Gasteiger partial charge on any atom is -0.488 e. The van der Waals surface area contributed by atoms with Gasteiger partial charge in [-0.2, -0.15) is 10.5 Å². The van der Waals surface area contributed by atoms with E-state index in [4.69, 9.17) is 42.1 Å². The normalized spacial score (nSPS) is 15.5. The Morgan fingerprint density at radius 3 is 1.46 bits per heavy atom. The van der Waals surface area contributed by atoms with Gasteiger partial charge in [-0.25, -0.2) is 0 Å². The van der Waals surface area contributed by atoms with Crippen LogP contribution in [0.25, 0.3) is 11.1 Å². The summed E-state index contributed by atoms with van der Waals surface area (Å²) in [6.07, 6.45) is 8.13. The molecule has 6 aromatic rings. The monoisotopic (exact) mass is 984 g/mol. The molecule has 0 unspecified atom stereocenters. The second-order valence-corrected chi connectivity index (χ2v) is 17.5. The number of carboxylic acid groups (broad SMARTS) is 2. The van der Waals surface area contributed by atoms with Crippen LogP contribution in [0.15, 0.2) is 97.6 Å². The van der Waals surface area contributed by atoms with Gasteiger partial charge in [-0.1, -0.05) is 59.6 Å². The number of aromatic nitrogens is 2. The molecule has 0 radical (unpaired) electrons. The molecule has 2 aromatic heterocycles. The van der Waals surface area contributed by atoms with Gasteiger partial charge >= 0.3 is 11.9 Å². The van der Waals surface area contributed by atoms with Crippen molar-refractivity contribution in [2.45, 2.75) is 76.3 Å². The van der Waals surface area contributed by atoms with Crippen molar-refractivity contribution in [2.24, 2.45) is 0 Å². The maximum atomic E-state index is 11.7. The fourth-order valence-electron chi connectivity index (χ4n) is 8.67. The molecule has 358 valence electrons. The Morgan fingerprint density at radius 2 is 1.07 bits per heavy atom. The van der Waals surface area contributed by atoms with Crippen LogP contribution in [0.2, 0.25) is 10.0 Å². The molecule has 0 bridgehead atoms. The SMILES string of the molecule is N#Cc1cncc(COc2cc(O[C@H]3CCc4c(-c5cccc6c5CC[C@@H]6Oc5cc(OCc6cncc(C#N)c6)c(CN[C@@H](CO)C(=O)O)cc5Cl)cccc43)c(Cl)cc2CN[C@@H](CO)C(=O)O)c1. The van der Waals surface area contributed by atoms with E-state index in [-0.39, 0.29) is 48.6 Å². The third kappa shape index (κ3) is 11.3. The number of nitrogens with one attached hydrogen (secondary N) is 2. The second kappa shape index (κ2) is 22.4.